The number of carbonyl (C=O) groups excluding carboxylic acids is 1. The smallest absolute Gasteiger partial charge is 0.253 e. The van der Waals surface area contributed by atoms with Crippen molar-refractivity contribution in [2.75, 3.05) is 20.2 Å². The highest BCUT2D eigenvalue weighted by atomic mass is 16.5. The molecule has 0 aromatic heterocycles. The number of hydrogen-bond donors (Lipinski definition) is 1. The predicted molar refractivity (Wildman–Crippen MR) is 64.3 cm³/mol. The third-order valence-corrected chi connectivity index (χ3v) is 2.82. The molecule has 92 valence electrons. The summed E-state index contributed by atoms with van der Waals surface area (Å²) in [5.41, 5.74) is 1.73. The quantitative estimate of drug-likeness (QED) is 0.852. The monoisotopic (exact) mass is 235 g/mol. The minimum Gasteiger partial charge on any atom is -0.493 e. The van der Waals surface area contributed by atoms with E-state index in [9.17, 15) is 9.90 Å². The van der Waals surface area contributed by atoms with Crippen molar-refractivity contribution in [1.82, 2.24) is 4.90 Å². The van der Waals surface area contributed by atoms with Gasteiger partial charge < -0.3 is 14.7 Å². The molecule has 2 rings (SSSR count). The summed E-state index contributed by atoms with van der Waals surface area (Å²) >= 11 is 0. The Kier molecular flexibility index (Phi) is 3.33. The Hall–Kier alpha value is -1.55. The third kappa shape index (κ3) is 2.58. The molecule has 0 bridgehead atoms. The largest absolute Gasteiger partial charge is 0.493 e. The van der Waals surface area contributed by atoms with Gasteiger partial charge in [0.1, 0.15) is 5.75 Å². The number of benzene rings is 1. The molecule has 1 heterocycles. The highest BCUT2D eigenvalue weighted by Crippen LogP contribution is 2.26. The number of likely N-dealkylation sites (N-methyl/N-ethyl adjacent to an activating group) is 1. The molecule has 1 N–H and O–H groups in total. The van der Waals surface area contributed by atoms with E-state index in [-0.39, 0.29) is 5.91 Å². The molecule has 4 nitrogen and oxygen atoms in total. The van der Waals surface area contributed by atoms with Gasteiger partial charge in [-0.3, -0.25) is 4.79 Å². The highest BCUT2D eigenvalue weighted by Gasteiger charge is 2.17. The molecule has 1 aliphatic rings. The molecule has 1 aromatic carbocycles. The number of fused-ring (bicyclic) bond motifs is 1. The number of ether oxygens (including phenoxy) is 1. The van der Waals surface area contributed by atoms with Gasteiger partial charge in [-0.05, 0) is 30.7 Å². The Morgan fingerprint density at radius 1 is 1.59 bits per heavy atom. The molecule has 0 saturated heterocycles. The number of aliphatic hydroxyl groups excluding tert-OH is 1. The molecule has 1 unspecified atom stereocenters. The zero-order valence-corrected chi connectivity index (χ0v) is 10.1. The van der Waals surface area contributed by atoms with Gasteiger partial charge in [-0.2, -0.15) is 0 Å². The van der Waals surface area contributed by atoms with Crippen LogP contribution in [-0.2, 0) is 6.42 Å². The molecular formula is C13H17NO3. The van der Waals surface area contributed by atoms with Crippen LogP contribution in [0.2, 0.25) is 0 Å². The van der Waals surface area contributed by atoms with Gasteiger partial charge in [0, 0.05) is 25.6 Å². The predicted octanol–water partition coefficient (Wildman–Crippen LogP) is 1.07. The van der Waals surface area contributed by atoms with Crippen LogP contribution >= 0.6 is 0 Å². The number of nitrogens with zero attached hydrogens (tertiary/aromatic N) is 1. The van der Waals surface area contributed by atoms with E-state index < -0.39 is 6.10 Å². The van der Waals surface area contributed by atoms with Crippen LogP contribution < -0.4 is 4.74 Å². The van der Waals surface area contributed by atoms with E-state index in [1.807, 2.05) is 12.1 Å². The molecule has 0 aliphatic carbocycles. The molecule has 1 amide bonds. The highest BCUT2D eigenvalue weighted by molar-refractivity contribution is 5.94. The van der Waals surface area contributed by atoms with Crippen LogP contribution in [0.5, 0.6) is 5.75 Å². The molecule has 0 fully saturated rings. The van der Waals surface area contributed by atoms with E-state index in [1.165, 1.54) is 4.90 Å². The van der Waals surface area contributed by atoms with E-state index in [0.717, 1.165) is 17.7 Å². The Morgan fingerprint density at radius 2 is 2.35 bits per heavy atom. The number of aliphatic hydroxyl groups is 1. The van der Waals surface area contributed by atoms with E-state index in [4.69, 9.17) is 4.74 Å². The van der Waals surface area contributed by atoms with Crippen LogP contribution in [0, 0.1) is 0 Å². The van der Waals surface area contributed by atoms with Crippen molar-refractivity contribution in [3.05, 3.63) is 29.3 Å². The van der Waals surface area contributed by atoms with E-state index in [2.05, 4.69) is 0 Å². The van der Waals surface area contributed by atoms with Gasteiger partial charge in [0.15, 0.2) is 0 Å². The van der Waals surface area contributed by atoms with Gasteiger partial charge in [-0.1, -0.05) is 0 Å². The lowest BCUT2D eigenvalue weighted by Gasteiger charge is -2.19. The second kappa shape index (κ2) is 4.75. The number of amides is 1. The summed E-state index contributed by atoms with van der Waals surface area (Å²) in [6.45, 7) is 2.70. The van der Waals surface area contributed by atoms with Crippen molar-refractivity contribution in [3.8, 4) is 5.75 Å². The zero-order valence-electron chi connectivity index (χ0n) is 10.1. The molecule has 4 heteroatoms. The van der Waals surface area contributed by atoms with Crippen molar-refractivity contribution in [1.29, 1.82) is 0 Å². The molecule has 0 spiro atoms. The lowest BCUT2D eigenvalue weighted by molar-refractivity contribution is 0.0703. The summed E-state index contributed by atoms with van der Waals surface area (Å²) in [7, 11) is 1.69. The lowest BCUT2D eigenvalue weighted by Crippen LogP contribution is -2.33. The summed E-state index contributed by atoms with van der Waals surface area (Å²) in [5.74, 6) is 0.806. The Balaban J connectivity index is 2.14. The fraction of sp³-hybridized carbons (Fsp3) is 0.462. The average molecular weight is 235 g/mol. The molecule has 0 radical (unpaired) electrons. The average Bonchev–Trinajstić information content (AvgIpc) is 2.73. The van der Waals surface area contributed by atoms with Crippen LogP contribution in [0.4, 0.5) is 0 Å². The van der Waals surface area contributed by atoms with Crippen LogP contribution in [0.15, 0.2) is 18.2 Å². The van der Waals surface area contributed by atoms with Gasteiger partial charge in [-0.15, -0.1) is 0 Å². The molecule has 17 heavy (non-hydrogen) atoms. The van der Waals surface area contributed by atoms with Crippen molar-refractivity contribution in [2.24, 2.45) is 0 Å². The van der Waals surface area contributed by atoms with Crippen LogP contribution in [0.1, 0.15) is 22.8 Å². The maximum atomic E-state index is 12.1. The maximum absolute atomic E-state index is 12.1. The van der Waals surface area contributed by atoms with Crippen molar-refractivity contribution in [2.45, 2.75) is 19.4 Å². The first-order valence-electron chi connectivity index (χ1n) is 5.77. The molecule has 1 aromatic rings. The Morgan fingerprint density at radius 3 is 3.06 bits per heavy atom. The summed E-state index contributed by atoms with van der Waals surface area (Å²) in [5, 5.41) is 9.26. The minimum absolute atomic E-state index is 0.0689. The third-order valence-electron chi connectivity index (χ3n) is 2.82. The minimum atomic E-state index is -0.512. The Bertz CT molecular complexity index is 429. The van der Waals surface area contributed by atoms with Crippen molar-refractivity contribution < 1.29 is 14.6 Å². The van der Waals surface area contributed by atoms with E-state index >= 15 is 0 Å². The topological polar surface area (TPSA) is 49.8 Å². The van der Waals surface area contributed by atoms with E-state index in [0.29, 0.717) is 18.7 Å². The summed E-state index contributed by atoms with van der Waals surface area (Å²) in [4.78, 5) is 13.6. The number of carbonyl (C=O) groups is 1. The first kappa shape index (κ1) is 11.9. The van der Waals surface area contributed by atoms with Crippen molar-refractivity contribution >= 4 is 5.91 Å². The van der Waals surface area contributed by atoms with Gasteiger partial charge in [0.25, 0.3) is 5.91 Å². The second-order valence-electron chi connectivity index (χ2n) is 4.46. The maximum Gasteiger partial charge on any atom is 0.253 e. The number of hydrogen-bond acceptors (Lipinski definition) is 3. The SMILES string of the molecule is CC(O)CN(C)C(=O)c1ccc2c(c1)CCO2. The van der Waals surface area contributed by atoms with Crippen LogP contribution in [0.25, 0.3) is 0 Å². The fourth-order valence-corrected chi connectivity index (χ4v) is 2.02. The van der Waals surface area contributed by atoms with Crippen LogP contribution in [0.3, 0.4) is 0 Å². The first-order chi connectivity index (χ1) is 8.08. The summed E-state index contributed by atoms with van der Waals surface area (Å²) in [6.07, 6.45) is 0.345. The van der Waals surface area contributed by atoms with Crippen LogP contribution in [-0.4, -0.2) is 42.2 Å². The van der Waals surface area contributed by atoms with Crippen molar-refractivity contribution in [3.63, 3.8) is 0 Å². The zero-order chi connectivity index (χ0) is 12.4. The normalized spacial score (nSPS) is 15.0. The number of rotatable bonds is 3. The fourth-order valence-electron chi connectivity index (χ4n) is 2.02. The molecule has 1 aliphatic heterocycles. The summed E-state index contributed by atoms with van der Waals surface area (Å²) in [6, 6.07) is 5.49. The van der Waals surface area contributed by atoms with E-state index in [1.54, 1.807) is 20.0 Å². The van der Waals surface area contributed by atoms with Gasteiger partial charge >= 0.3 is 0 Å². The molecule has 0 saturated carbocycles. The summed E-state index contributed by atoms with van der Waals surface area (Å²) < 4.78 is 5.39. The standard InChI is InChI=1S/C13H17NO3/c1-9(15)8-14(2)13(16)11-3-4-12-10(7-11)5-6-17-12/h3-4,7,9,15H,5-6,8H2,1-2H3. The second-order valence-corrected chi connectivity index (χ2v) is 4.46. The lowest BCUT2D eigenvalue weighted by atomic mass is 10.1. The molecular weight excluding hydrogens is 218 g/mol. The Labute approximate surface area is 101 Å². The first-order valence-corrected chi connectivity index (χ1v) is 5.77. The van der Waals surface area contributed by atoms with Gasteiger partial charge in [-0.25, -0.2) is 0 Å². The molecule has 1 atom stereocenters. The van der Waals surface area contributed by atoms with Gasteiger partial charge in [0.2, 0.25) is 0 Å². The van der Waals surface area contributed by atoms with Gasteiger partial charge in [0.05, 0.1) is 12.7 Å².